The second kappa shape index (κ2) is 48.0. The van der Waals surface area contributed by atoms with Gasteiger partial charge in [0.2, 0.25) is 5.12 Å². The van der Waals surface area contributed by atoms with Crippen molar-refractivity contribution in [3.05, 3.63) is 0 Å². The van der Waals surface area contributed by atoms with Crippen LogP contribution in [-0.2, 0) is 19.2 Å². The number of thiol groups is 1. The molecule has 0 radical (unpaired) electrons. The van der Waals surface area contributed by atoms with E-state index < -0.39 is 10.5 Å². The molecule has 0 spiro atoms. The summed E-state index contributed by atoms with van der Waals surface area (Å²) in [7, 11) is 0. The fourth-order valence-electron chi connectivity index (χ4n) is 9.48. The van der Waals surface area contributed by atoms with E-state index in [0.717, 1.165) is 57.8 Å². The second-order valence-electron chi connectivity index (χ2n) is 19.9. The Bertz CT molecular complexity index is 961. The summed E-state index contributed by atoms with van der Waals surface area (Å²) in [6.07, 6.45) is 56.4. The Kier molecular flexibility index (Phi) is 47.2. The number of unbranched alkanes of at least 4 members (excludes halogenated alkanes) is 42. The predicted molar refractivity (Wildman–Crippen MR) is 275 cm³/mol. The van der Waals surface area contributed by atoms with E-state index in [-0.39, 0.29) is 36.6 Å². The van der Waals surface area contributed by atoms with Crippen LogP contribution in [-0.4, -0.2) is 22.5 Å². The van der Waals surface area contributed by atoms with Gasteiger partial charge in [0.05, 0.1) is 0 Å². The third-order valence-electron chi connectivity index (χ3n) is 13.9. The van der Waals surface area contributed by atoms with Crippen molar-refractivity contribution >= 4 is 35.1 Å². The molecule has 0 fully saturated rings. The summed E-state index contributed by atoms with van der Waals surface area (Å²) in [6, 6.07) is 0. The molecule has 4 nitrogen and oxygen atoms in total. The molecule has 5 heteroatoms. The minimum Gasteiger partial charge on any atom is -0.300 e. The summed E-state index contributed by atoms with van der Waals surface area (Å²) in [4.78, 5) is 54.6. The molecule has 0 aliphatic heterocycles. The fourth-order valence-corrected chi connectivity index (χ4v) is 9.81. The summed E-state index contributed by atoms with van der Waals surface area (Å²) in [5, 5.41) is -0.709. The summed E-state index contributed by atoms with van der Waals surface area (Å²) in [5.41, 5.74) is -1.90. The molecule has 0 aromatic heterocycles. The lowest BCUT2D eigenvalue weighted by Crippen LogP contribution is -2.46. The largest absolute Gasteiger partial charge is 0.300 e. The molecule has 0 aromatic carbocycles. The van der Waals surface area contributed by atoms with E-state index in [2.05, 4.69) is 33.4 Å². The third kappa shape index (κ3) is 37.3. The second-order valence-corrected chi connectivity index (χ2v) is 20.3. The quantitative estimate of drug-likeness (QED) is 0.0375. The van der Waals surface area contributed by atoms with Crippen molar-refractivity contribution in [3.8, 4) is 0 Å². The first kappa shape index (κ1) is 61.0. The van der Waals surface area contributed by atoms with E-state index in [9.17, 15) is 19.2 Å². The molecule has 0 aliphatic rings. The number of hydrogen-bond acceptors (Lipinski definition) is 4. The average Bonchev–Trinajstić information content (AvgIpc) is 3.26. The van der Waals surface area contributed by atoms with Crippen LogP contribution in [0.4, 0.5) is 0 Å². The molecular weight excluding hydrogens is 781 g/mol. The lowest BCUT2D eigenvalue weighted by molar-refractivity contribution is -0.149. The highest BCUT2D eigenvalue weighted by Gasteiger charge is 2.50. The molecule has 0 amide bonds. The van der Waals surface area contributed by atoms with E-state index in [4.69, 9.17) is 0 Å². The zero-order valence-corrected chi connectivity index (χ0v) is 43.1. The highest BCUT2D eigenvalue weighted by molar-refractivity contribution is 7.97. The number of carbonyl (C=O) groups excluding carboxylic acids is 4. The molecule has 0 rings (SSSR count). The molecule has 0 heterocycles. The SMILES string of the molecule is CCCCCCCCCCCCCCCCCC(=O)CC(C(=O)S)(C(=O)CCCCCCCCCCCCCCCCC)C(=O)CCCCCCCCCCCCCCCCC. The van der Waals surface area contributed by atoms with Crippen LogP contribution >= 0.6 is 12.6 Å². The number of rotatable bonds is 53. The van der Waals surface area contributed by atoms with Crippen LogP contribution in [0.1, 0.15) is 335 Å². The molecule has 0 N–H and O–H groups in total. The Morgan fingerprint density at radius 2 is 0.452 bits per heavy atom. The Balaban J connectivity index is 4.72. The first-order valence-corrected chi connectivity index (χ1v) is 28.6. The normalized spacial score (nSPS) is 11.7. The molecule has 0 bridgehead atoms. The highest BCUT2D eigenvalue weighted by atomic mass is 32.1. The third-order valence-corrected chi connectivity index (χ3v) is 14.2. The molecule has 0 unspecified atom stereocenters. The van der Waals surface area contributed by atoms with E-state index in [1.807, 2.05) is 0 Å². The van der Waals surface area contributed by atoms with Gasteiger partial charge in [0.1, 0.15) is 5.78 Å². The molecule has 62 heavy (non-hydrogen) atoms. The highest BCUT2D eigenvalue weighted by Crippen LogP contribution is 2.34. The maximum absolute atomic E-state index is 13.9. The monoisotopic (exact) mass is 889 g/mol. The Labute approximate surface area is 393 Å². The maximum Gasteiger partial charge on any atom is 0.207 e. The van der Waals surface area contributed by atoms with Crippen molar-refractivity contribution in [2.24, 2.45) is 5.41 Å². The van der Waals surface area contributed by atoms with E-state index in [0.29, 0.717) is 19.3 Å². The van der Waals surface area contributed by atoms with Crippen LogP contribution in [0.25, 0.3) is 0 Å². The van der Waals surface area contributed by atoms with Crippen molar-refractivity contribution in [2.45, 2.75) is 335 Å². The zero-order valence-electron chi connectivity index (χ0n) is 42.2. The van der Waals surface area contributed by atoms with Crippen molar-refractivity contribution in [3.63, 3.8) is 0 Å². The summed E-state index contributed by atoms with van der Waals surface area (Å²) in [6.45, 7) is 6.82. The van der Waals surface area contributed by atoms with E-state index in [1.165, 1.54) is 218 Å². The maximum atomic E-state index is 13.9. The molecule has 0 saturated carbocycles. The summed E-state index contributed by atoms with van der Waals surface area (Å²) < 4.78 is 0. The van der Waals surface area contributed by atoms with Crippen molar-refractivity contribution in [1.29, 1.82) is 0 Å². The molecule has 0 aromatic rings. The van der Waals surface area contributed by atoms with Crippen LogP contribution in [0.15, 0.2) is 0 Å². The van der Waals surface area contributed by atoms with Gasteiger partial charge in [-0.25, -0.2) is 0 Å². The van der Waals surface area contributed by atoms with Crippen molar-refractivity contribution in [2.75, 3.05) is 0 Å². The number of ketones is 3. The predicted octanol–water partition coefficient (Wildman–Crippen LogP) is 19.3. The lowest BCUT2D eigenvalue weighted by Gasteiger charge is -2.27. The molecule has 0 atom stereocenters. The number of Topliss-reactive ketones (excluding diaryl/α,β-unsaturated/α-hetero) is 3. The van der Waals surface area contributed by atoms with Gasteiger partial charge in [0.15, 0.2) is 17.0 Å². The topological polar surface area (TPSA) is 68.3 Å². The summed E-state index contributed by atoms with van der Waals surface area (Å²) in [5.74, 6) is -0.845. The van der Waals surface area contributed by atoms with Crippen LogP contribution in [0.2, 0.25) is 0 Å². The number of carbonyl (C=O) groups is 4. The van der Waals surface area contributed by atoms with Gasteiger partial charge in [-0.05, 0) is 19.3 Å². The van der Waals surface area contributed by atoms with Crippen molar-refractivity contribution in [1.82, 2.24) is 0 Å². The zero-order chi connectivity index (χ0) is 45.5. The van der Waals surface area contributed by atoms with Crippen LogP contribution in [0, 0.1) is 5.41 Å². The van der Waals surface area contributed by atoms with Gasteiger partial charge in [0, 0.05) is 25.7 Å². The standard InChI is InChI=1S/C57H108O4S/c1-4-7-10-13-16-19-22-25-28-31-34-37-40-43-46-49-53(58)52-57(56(61)62,54(59)50-47-44-41-38-35-32-29-26-23-20-17-14-11-8-5-2)55(60)51-48-45-42-39-36-33-30-27-24-21-18-15-12-9-6-3/h4-52H2,1-3H3,(H,61,62). The smallest absolute Gasteiger partial charge is 0.207 e. The van der Waals surface area contributed by atoms with Gasteiger partial charge in [0.25, 0.3) is 0 Å². The minimum atomic E-state index is -1.90. The molecule has 0 saturated heterocycles. The van der Waals surface area contributed by atoms with Gasteiger partial charge in [-0.3, -0.25) is 19.2 Å². The Hall–Kier alpha value is -0.970. The van der Waals surface area contributed by atoms with Gasteiger partial charge in [-0.15, -0.1) is 12.6 Å². The van der Waals surface area contributed by atoms with E-state index in [1.54, 1.807) is 0 Å². The van der Waals surface area contributed by atoms with E-state index >= 15 is 0 Å². The minimum absolute atomic E-state index is 0.128. The van der Waals surface area contributed by atoms with Crippen LogP contribution in [0.3, 0.4) is 0 Å². The lowest BCUT2D eigenvalue weighted by atomic mass is 9.72. The number of hydrogen-bond donors (Lipinski definition) is 1. The first-order chi connectivity index (χ1) is 30.4. The average molecular weight is 890 g/mol. The van der Waals surface area contributed by atoms with Crippen LogP contribution < -0.4 is 0 Å². The van der Waals surface area contributed by atoms with Gasteiger partial charge in [-0.1, -0.05) is 290 Å². The molecule has 366 valence electrons. The van der Waals surface area contributed by atoms with Gasteiger partial charge >= 0.3 is 0 Å². The summed E-state index contributed by atoms with van der Waals surface area (Å²) >= 11 is 4.20. The molecular formula is C57H108O4S. The molecule has 0 aliphatic carbocycles. The van der Waals surface area contributed by atoms with Gasteiger partial charge < -0.3 is 0 Å². The van der Waals surface area contributed by atoms with Crippen molar-refractivity contribution < 1.29 is 19.2 Å². The Morgan fingerprint density at radius 3 is 0.645 bits per heavy atom. The first-order valence-electron chi connectivity index (χ1n) is 28.2. The van der Waals surface area contributed by atoms with Crippen LogP contribution in [0.5, 0.6) is 0 Å². The Morgan fingerprint density at radius 1 is 0.274 bits per heavy atom. The van der Waals surface area contributed by atoms with Gasteiger partial charge in [-0.2, -0.15) is 0 Å². The fraction of sp³-hybridized carbons (Fsp3) is 0.930.